The van der Waals surface area contributed by atoms with Gasteiger partial charge in [0.05, 0.1) is 18.1 Å². The molecule has 1 aliphatic rings. The van der Waals surface area contributed by atoms with Crippen LogP contribution in [0.2, 0.25) is 0 Å². The van der Waals surface area contributed by atoms with Gasteiger partial charge in [0.2, 0.25) is 10.0 Å². The van der Waals surface area contributed by atoms with Gasteiger partial charge in [0.1, 0.15) is 5.75 Å². The summed E-state index contributed by atoms with van der Waals surface area (Å²) >= 11 is 0. The molecule has 0 saturated heterocycles. The van der Waals surface area contributed by atoms with Crippen molar-refractivity contribution in [3.05, 3.63) is 24.3 Å². The Hall–Kier alpha value is -1.11. The van der Waals surface area contributed by atoms with Crippen LogP contribution in [0.25, 0.3) is 0 Å². The van der Waals surface area contributed by atoms with Crippen molar-refractivity contribution >= 4 is 10.0 Å². The molecule has 0 amide bonds. The van der Waals surface area contributed by atoms with Crippen LogP contribution in [0.3, 0.4) is 0 Å². The van der Waals surface area contributed by atoms with E-state index in [9.17, 15) is 8.42 Å². The highest BCUT2D eigenvalue weighted by Gasteiger charge is 2.22. The molecule has 0 unspecified atom stereocenters. The first kappa shape index (κ1) is 20.2. The fraction of sp³-hybridized carbons (Fsp3) is 0.684. The van der Waals surface area contributed by atoms with Crippen LogP contribution in [0.1, 0.15) is 46.5 Å². The van der Waals surface area contributed by atoms with E-state index in [4.69, 9.17) is 9.47 Å². The van der Waals surface area contributed by atoms with E-state index >= 15 is 0 Å². The number of ether oxygens (including phenoxy) is 2. The summed E-state index contributed by atoms with van der Waals surface area (Å²) in [6.45, 7) is 8.84. The molecule has 25 heavy (non-hydrogen) atoms. The van der Waals surface area contributed by atoms with Crippen LogP contribution >= 0.6 is 0 Å². The normalized spacial score (nSPS) is 15.3. The lowest BCUT2D eigenvalue weighted by Crippen LogP contribution is -2.25. The summed E-state index contributed by atoms with van der Waals surface area (Å²) in [6, 6.07) is 6.71. The third-order valence-electron chi connectivity index (χ3n) is 3.84. The maximum atomic E-state index is 12.4. The van der Waals surface area contributed by atoms with E-state index in [-0.39, 0.29) is 10.3 Å². The molecule has 0 heterocycles. The summed E-state index contributed by atoms with van der Waals surface area (Å²) in [6.07, 6.45) is 4.00. The van der Waals surface area contributed by atoms with Crippen LogP contribution < -0.4 is 9.46 Å². The second-order valence-corrected chi connectivity index (χ2v) is 9.71. The third kappa shape index (κ3) is 8.21. The standard InChI is InChI=1S/C19H31NO4S/c1-19(2,3)15-23-12-5-4-11-20-25(21,22)18-8-6-7-17(13-18)24-14-16-9-10-16/h6-8,13,16,20H,4-5,9-12,14-15H2,1-3H3. The van der Waals surface area contributed by atoms with E-state index in [0.717, 1.165) is 12.8 Å². The largest absolute Gasteiger partial charge is 0.493 e. The number of hydrogen-bond donors (Lipinski definition) is 1. The van der Waals surface area contributed by atoms with Crippen molar-refractivity contribution in [1.82, 2.24) is 4.72 Å². The van der Waals surface area contributed by atoms with E-state index in [1.165, 1.54) is 12.8 Å². The van der Waals surface area contributed by atoms with Crippen molar-refractivity contribution in [2.24, 2.45) is 11.3 Å². The van der Waals surface area contributed by atoms with Crippen molar-refractivity contribution in [2.45, 2.75) is 51.3 Å². The van der Waals surface area contributed by atoms with Gasteiger partial charge in [-0.1, -0.05) is 26.8 Å². The van der Waals surface area contributed by atoms with Crippen molar-refractivity contribution in [3.8, 4) is 5.75 Å². The third-order valence-corrected chi connectivity index (χ3v) is 5.30. The molecule has 6 heteroatoms. The van der Waals surface area contributed by atoms with Gasteiger partial charge in [0, 0.05) is 19.2 Å². The average Bonchev–Trinajstić information content (AvgIpc) is 3.35. The lowest BCUT2D eigenvalue weighted by molar-refractivity contribution is 0.0691. The molecular formula is C19H31NO4S. The van der Waals surface area contributed by atoms with E-state index in [2.05, 4.69) is 25.5 Å². The number of unbranched alkanes of at least 4 members (excludes halogenated alkanes) is 1. The van der Waals surface area contributed by atoms with Crippen LogP contribution in [0.4, 0.5) is 0 Å². The van der Waals surface area contributed by atoms with Crippen LogP contribution in [-0.4, -0.2) is 34.8 Å². The first-order valence-corrected chi connectivity index (χ1v) is 10.5. The van der Waals surface area contributed by atoms with Gasteiger partial charge in [-0.2, -0.15) is 0 Å². The summed E-state index contributed by atoms with van der Waals surface area (Å²) in [5, 5.41) is 0. The predicted molar refractivity (Wildman–Crippen MR) is 99.4 cm³/mol. The summed E-state index contributed by atoms with van der Waals surface area (Å²) in [4.78, 5) is 0.254. The van der Waals surface area contributed by atoms with Gasteiger partial charge in [0.15, 0.2) is 0 Å². The zero-order chi connectivity index (χ0) is 18.3. The quantitative estimate of drug-likeness (QED) is 0.605. The number of sulfonamides is 1. The molecule has 0 aliphatic heterocycles. The highest BCUT2D eigenvalue weighted by molar-refractivity contribution is 7.89. The van der Waals surface area contributed by atoms with Crippen molar-refractivity contribution in [1.29, 1.82) is 0 Å². The number of rotatable bonds is 11. The Bertz CT molecular complexity index is 633. The van der Waals surface area contributed by atoms with E-state index in [1.54, 1.807) is 24.3 Å². The summed E-state index contributed by atoms with van der Waals surface area (Å²) in [5.74, 6) is 1.25. The zero-order valence-electron chi connectivity index (χ0n) is 15.6. The Labute approximate surface area is 152 Å². The maximum absolute atomic E-state index is 12.4. The minimum absolute atomic E-state index is 0.161. The molecule has 1 saturated carbocycles. The van der Waals surface area contributed by atoms with Crippen LogP contribution in [0.5, 0.6) is 5.75 Å². The predicted octanol–water partition coefficient (Wildman–Crippen LogP) is 3.60. The van der Waals surface area contributed by atoms with Gasteiger partial charge < -0.3 is 9.47 Å². The number of hydrogen-bond acceptors (Lipinski definition) is 4. The summed E-state index contributed by atoms with van der Waals surface area (Å²) < 4.78 is 38.6. The van der Waals surface area contributed by atoms with E-state index in [0.29, 0.717) is 38.0 Å². The second kappa shape index (κ2) is 9.01. The fourth-order valence-corrected chi connectivity index (χ4v) is 3.34. The molecule has 1 fully saturated rings. The Morgan fingerprint density at radius 2 is 1.96 bits per heavy atom. The SMILES string of the molecule is CC(C)(C)COCCCCNS(=O)(=O)c1cccc(OCC2CC2)c1. The van der Waals surface area contributed by atoms with Crippen molar-refractivity contribution in [3.63, 3.8) is 0 Å². The minimum Gasteiger partial charge on any atom is -0.493 e. The Balaban J connectivity index is 1.70. The van der Waals surface area contributed by atoms with Crippen molar-refractivity contribution in [2.75, 3.05) is 26.4 Å². The molecule has 0 atom stereocenters. The molecular weight excluding hydrogens is 338 g/mol. The molecule has 1 N–H and O–H groups in total. The van der Waals surface area contributed by atoms with Gasteiger partial charge in [-0.15, -0.1) is 0 Å². The average molecular weight is 370 g/mol. The van der Waals surface area contributed by atoms with Crippen LogP contribution in [-0.2, 0) is 14.8 Å². The topological polar surface area (TPSA) is 64.6 Å². The van der Waals surface area contributed by atoms with Gasteiger partial charge in [-0.05, 0) is 49.1 Å². The van der Waals surface area contributed by atoms with Gasteiger partial charge in [0.25, 0.3) is 0 Å². The Kier molecular flexibility index (Phi) is 7.28. The fourth-order valence-electron chi connectivity index (χ4n) is 2.23. The molecule has 5 nitrogen and oxygen atoms in total. The smallest absolute Gasteiger partial charge is 0.240 e. The molecule has 1 aromatic rings. The van der Waals surface area contributed by atoms with Gasteiger partial charge in [-0.25, -0.2) is 13.1 Å². The highest BCUT2D eigenvalue weighted by Crippen LogP contribution is 2.29. The summed E-state index contributed by atoms with van der Waals surface area (Å²) in [5.41, 5.74) is 0.161. The lowest BCUT2D eigenvalue weighted by Gasteiger charge is -2.17. The van der Waals surface area contributed by atoms with Crippen LogP contribution in [0.15, 0.2) is 29.2 Å². The Morgan fingerprint density at radius 3 is 2.64 bits per heavy atom. The Morgan fingerprint density at radius 1 is 1.20 bits per heavy atom. The van der Waals surface area contributed by atoms with Gasteiger partial charge >= 0.3 is 0 Å². The molecule has 0 radical (unpaired) electrons. The van der Waals surface area contributed by atoms with E-state index < -0.39 is 10.0 Å². The lowest BCUT2D eigenvalue weighted by atomic mass is 9.99. The molecule has 1 aliphatic carbocycles. The molecule has 2 rings (SSSR count). The highest BCUT2D eigenvalue weighted by atomic mass is 32.2. The van der Waals surface area contributed by atoms with Crippen molar-refractivity contribution < 1.29 is 17.9 Å². The molecule has 142 valence electrons. The minimum atomic E-state index is -3.49. The number of benzene rings is 1. The van der Waals surface area contributed by atoms with Crippen LogP contribution in [0, 0.1) is 11.3 Å². The van der Waals surface area contributed by atoms with E-state index in [1.807, 2.05) is 0 Å². The zero-order valence-corrected chi connectivity index (χ0v) is 16.4. The molecule has 0 bridgehead atoms. The maximum Gasteiger partial charge on any atom is 0.240 e. The molecule has 0 spiro atoms. The van der Waals surface area contributed by atoms with Gasteiger partial charge in [-0.3, -0.25) is 0 Å². The molecule has 1 aromatic carbocycles. The first-order chi connectivity index (χ1) is 11.8. The monoisotopic (exact) mass is 369 g/mol. The second-order valence-electron chi connectivity index (χ2n) is 7.95. The summed E-state index contributed by atoms with van der Waals surface area (Å²) in [7, 11) is -3.49. The first-order valence-electron chi connectivity index (χ1n) is 9.06. The molecule has 0 aromatic heterocycles. The number of nitrogens with one attached hydrogen (secondary N) is 1.